The average Bonchev–Trinajstić information content (AvgIpc) is 3.19. The van der Waals surface area contributed by atoms with E-state index < -0.39 is 6.10 Å². The highest BCUT2D eigenvalue weighted by Crippen LogP contribution is 2.28. The number of nitrogens with zero attached hydrogens (tertiary/aromatic N) is 2. The van der Waals surface area contributed by atoms with Crippen LogP contribution in [-0.4, -0.2) is 73.4 Å². The lowest BCUT2D eigenvalue weighted by molar-refractivity contribution is 0.0385. The van der Waals surface area contributed by atoms with E-state index in [4.69, 9.17) is 13.9 Å². The lowest BCUT2D eigenvalue weighted by Crippen LogP contribution is -2.50. The molecule has 1 aromatic carbocycles. The maximum atomic E-state index is 12.5. The Bertz CT molecular complexity index is 855. The second-order valence-corrected chi connectivity index (χ2v) is 7.45. The fourth-order valence-electron chi connectivity index (χ4n) is 3.50. The molecule has 0 spiro atoms. The van der Waals surface area contributed by atoms with Crippen molar-refractivity contribution in [3.8, 4) is 11.5 Å². The summed E-state index contributed by atoms with van der Waals surface area (Å²) in [6.07, 6.45) is 1.95. The molecule has 1 aliphatic rings. The van der Waals surface area contributed by atoms with Crippen molar-refractivity contribution in [3.05, 3.63) is 60.1 Å². The minimum atomic E-state index is -0.641. The summed E-state index contributed by atoms with van der Waals surface area (Å²) < 4.78 is 16.6. The second-order valence-electron chi connectivity index (χ2n) is 7.45. The van der Waals surface area contributed by atoms with E-state index >= 15 is 0 Å². The van der Waals surface area contributed by atoms with Gasteiger partial charge >= 0.3 is 0 Å². The highest BCUT2D eigenvalue weighted by molar-refractivity contribution is 5.91. The molecular formula is C23H30N2O5. The molecule has 1 aliphatic heterocycles. The molecule has 2 heterocycles. The highest BCUT2D eigenvalue weighted by Gasteiger charge is 2.25. The maximum absolute atomic E-state index is 12.5. The minimum Gasteiger partial charge on any atom is -0.493 e. The molecule has 0 bridgehead atoms. The number of allylic oxidation sites excluding steroid dienone is 1. The largest absolute Gasteiger partial charge is 0.493 e. The molecule has 7 nitrogen and oxygen atoms in total. The molecule has 1 unspecified atom stereocenters. The first-order valence-corrected chi connectivity index (χ1v) is 10.2. The summed E-state index contributed by atoms with van der Waals surface area (Å²) in [6.45, 7) is 8.82. The zero-order valence-corrected chi connectivity index (χ0v) is 17.7. The summed E-state index contributed by atoms with van der Waals surface area (Å²) in [5.41, 5.74) is 1.09. The van der Waals surface area contributed by atoms with Crippen molar-refractivity contribution in [1.29, 1.82) is 0 Å². The van der Waals surface area contributed by atoms with E-state index in [0.717, 1.165) is 17.7 Å². The standard InChI is InChI=1S/C23H30N2O5/c1-4-5-18-7-9-20(22(14-18)28-3)29-16-19(26)15-24-10-12-25(13-11-24)23(27)21-8-6-17(2)30-21/h4,6-9,14,19,26H,1,5,10-13,15-16H2,2-3H3. The van der Waals surface area contributed by atoms with Gasteiger partial charge in [-0.15, -0.1) is 6.58 Å². The third-order valence-electron chi connectivity index (χ3n) is 5.12. The Morgan fingerprint density at radius 1 is 1.23 bits per heavy atom. The normalized spacial score (nSPS) is 15.6. The number of carbonyl (C=O) groups is 1. The average molecular weight is 415 g/mol. The van der Waals surface area contributed by atoms with Gasteiger partial charge in [0.2, 0.25) is 0 Å². The number of piperazine rings is 1. The van der Waals surface area contributed by atoms with Crippen LogP contribution < -0.4 is 9.47 Å². The van der Waals surface area contributed by atoms with Crippen LogP contribution in [0.3, 0.4) is 0 Å². The molecule has 30 heavy (non-hydrogen) atoms. The smallest absolute Gasteiger partial charge is 0.289 e. The predicted octanol–water partition coefficient (Wildman–Crippen LogP) is 2.52. The fraction of sp³-hybridized carbons (Fsp3) is 0.435. The van der Waals surface area contributed by atoms with E-state index in [1.807, 2.05) is 31.2 Å². The second kappa shape index (κ2) is 10.3. The zero-order valence-electron chi connectivity index (χ0n) is 17.7. The van der Waals surface area contributed by atoms with Crippen LogP contribution in [-0.2, 0) is 6.42 Å². The SMILES string of the molecule is C=CCc1ccc(OCC(O)CN2CCN(C(=O)c3ccc(C)o3)CC2)c(OC)c1. The van der Waals surface area contributed by atoms with Crippen LogP contribution in [0.5, 0.6) is 11.5 Å². The molecule has 1 aromatic heterocycles. The molecule has 162 valence electrons. The molecule has 0 radical (unpaired) electrons. The Kier molecular flexibility index (Phi) is 7.54. The summed E-state index contributed by atoms with van der Waals surface area (Å²) in [4.78, 5) is 16.4. The number of ether oxygens (including phenoxy) is 2. The molecule has 1 saturated heterocycles. The van der Waals surface area contributed by atoms with Crippen LogP contribution in [0.25, 0.3) is 0 Å². The molecule has 3 rings (SSSR count). The van der Waals surface area contributed by atoms with Crippen molar-refractivity contribution in [2.75, 3.05) is 46.4 Å². The predicted molar refractivity (Wildman–Crippen MR) is 114 cm³/mol. The van der Waals surface area contributed by atoms with Crippen LogP contribution in [0.2, 0.25) is 0 Å². The number of amides is 1. The lowest BCUT2D eigenvalue weighted by atomic mass is 10.1. The molecule has 1 amide bonds. The van der Waals surface area contributed by atoms with E-state index in [2.05, 4.69) is 11.5 Å². The zero-order chi connectivity index (χ0) is 21.5. The summed E-state index contributed by atoms with van der Waals surface area (Å²) in [5, 5.41) is 10.4. The number of furan rings is 1. The molecular weight excluding hydrogens is 384 g/mol. The van der Waals surface area contributed by atoms with Crippen LogP contribution in [0.4, 0.5) is 0 Å². The molecule has 0 aliphatic carbocycles. The van der Waals surface area contributed by atoms with Gasteiger partial charge in [-0.25, -0.2) is 0 Å². The Morgan fingerprint density at radius 3 is 2.63 bits per heavy atom. The van der Waals surface area contributed by atoms with Crippen LogP contribution >= 0.6 is 0 Å². The number of aryl methyl sites for hydroxylation is 1. The van der Waals surface area contributed by atoms with Crippen molar-refractivity contribution in [1.82, 2.24) is 9.80 Å². The Labute approximate surface area is 177 Å². The van der Waals surface area contributed by atoms with Crippen molar-refractivity contribution >= 4 is 5.91 Å². The van der Waals surface area contributed by atoms with Crippen LogP contribution in [0.1, 0.15) is 21.9 Å². The van der Waals surface area contributed by atoms with Gasteiger partial charge in [0.25, 0.3) is 5.91 Å². The number of carbonyl (C=O) groups excluding carboxylic acids is 1. The first-order chi connectivity index (χ1) is 14.5. The quantitative estimate of drug-likeness (QED) is 0.636. The van der Waals surface area contributed by atoms with Gasteiger partial charge in [-0.1, -0.05) is 12.1 Å². The fourth-order valence-corrected chi connectivity index (χ4v) is 3.50. The van der Waals surface area contributed by atoms with Gasteiger partial charge in [0.15, 0.2) is 17.3 Å². The molecule has 1 atom stereocenters. The number of hydrogen-bond acceptors (Lipinski definition) is 6. The third-order valence-corrected chi connectivity index (χ3v) is 5.12. The number of β-amino-alcohol motifs (C(OH)–C–C–N with tert-alkyl or cyclic N) is 1. The summed E-state index contributed by atoms with van der Waals surface area (Å²) in [6, 6.07) is 9.24. The monoisotopic (exact) mass is 414 g/mol. The van der Waals surface area contributed by atoms with E-state index in [0.29, 0.717) is 50.0 Å². The van der Waals surface area contributed by atoms with E-state index in [1.165, 1.54) is 0 Å². The number of methoxy groups -OCH3 is 1. The van der Waals surface area contributed by atoms with Gasteiger partial charge < -0.3 is 23.9 Å². The first-order valence-electron chi connectivity index (χ1n) is 10.2. The Balaban J connectivity index is 1.44. The summed E-state index contributed by atoms with van der Waals surface area (Å²) >= 11 is 0. The van der Waals surface area contributed by atoms with Crippen molar-refractivity contribution < 1.29 is 23.8 Å². The van der Waals surface area contributed by atoms with Crippen molar-refractivity contribution in [3.63, 3.8) is 0 Å². The molecule has 1 N–H and O–H groups in total. The number of aliphatic hydroxyl groups excluding tert-OH is 1. The molecule has 7 heteroatoms. The van der Waals surface area contributed by atoms with Crippen LogP contribution in [0.15, 0.2) is 47.4 Å². The van der Waals surface area contributed by atoms with Gasteiger partial charge in [0, 0.05) is 32.7 Å². The summed E-state index contributed by atoms with van der Waals surface area (Å²) in [7, 11) is 1.60. The van der Waals surface area contributed by atoms with Gasteiger partial charge in [-0.05, 0) is 43.2 Å². The highest BCUT2D eigenvalue weighted by atomic mass is 16.5. The van der Waals surface area contributed by atoms with Gasteiger partial charge in [-0.3, -0.25) is 9.69 Å². The first kappa shape index (κ1) is 21.9. The molecule has 2 aromatic rings. The number of aliphatic hydroxyl groups is 1. The third kappa shape index (κ3) is 5.64. The number of hydrogen-bond donors (Lipinski definition) is 1. The van der Waals surface area contributed by atoms with E-state index in [-0.39, 0.29) is 12.5 Å². The lowest BCUT2D eigenvalue weighted by Gasteiger charge is -2.35. The van der Waals surface area contributed by atoms with E-state index in [1.54, 1.807) is 24.1 Å². The van der Waals surface area contributed by atoms with Crippen molar-refractivity contribution in [2.24, 2.45) is 0 Å². The van der Waals surface area contributed by atoms with E-state index in [9.17, 15) is 9.90 Å². The van der Waals surface area contributed by atoms with Crippen molar-refractivity contribution in [2.45, 2.75) is 19.4 Å². The Morgan fingerprint density at radius 2 is 2.00 bits per heavy atom. The van der Waals surface area contributed by atoms with Gasteiger partial charge in [0.05, 0.1) is 7.11 Å². The van der Waals surface area contributed by atoms with Gasteiger partial charge in [-0.2, -0.15) is 0 Å². The molecule has 0 saturated carbocycles. The number of benzene rings is 1. The van der Waals surface area contributed by atoms with Crippen LogP contribution in [0, 0.1) is 6.92 Å². The summed E-state index contributed by atoms with van der Waals surface area (Å²) in [5.74, 6) is 2.27. The topological polar surface area (TPSA) is 75.4 Å². The minimum absolute atomic E-state index is 0.0846. The molecule has 1 fully saturated rings. The number of rotatable bonds is 9. The Hall–Kier alpha value is -2.77. The van der Waals surface area contributed by atoms with Gasteiger partial charge in [0.1, 0.15) is 18.5 Å². The maximum Gasteiger partial charge on any atom is 0.289 e.